The summed E-state index contributed by atoms with van der Waals surface area (Å²) in [6, 6.07) is 9.70. The minimum atomic E-state index is -0.599. The Labute approximate surface area is 244 Å². The van der Waals surface area contributed by atoms with Gasteiger partial charge in [-0.3, -0.25) is 9.59 Å². The Morgan fingerprint density at radius 1 is 1.10 bits per heavy atom. The lowest BCUT2D eigenvalue weighted by Crippen LogP contribution is -2.50. The number of amides is 2. The number of fused-ring (bicyclic) bond motifs is 1. The van der Waals surface area contributed by atoms with E-state index in [0.29, 0.717) is 37.7 Å². The standard InChI is InChI=1S/C32H48N4O3S/c1-8-16-39-23(7)21-35(11-4)32(38)28(18-22(5)6)34-31(37)24-14-15-29-27(19-24)33-30(20-26-13-12-17-40-26)36(29)25(9-2)10-3/h12-15,17,19,22-23,25,28H,8-11,16,18,20-21H2,1-7H3,(H,34,37)/t23?,28-/m0/s1. The molecule has 2 amide bonds. The van der Waals surface area contributed by atoms with Crippen LogP contribution in [-0.2, 0) is 16.0 Å². The third-order valence-electron chi connectivity index (χ3n) is 7.33. The van der Waals surface area contributed by atoms with Crippen LogP contribution in [0.3, 0.4) is 0 Å². The molecule has 1 unspecified atom stereocenters. The number of hydrogen-bond donors (Lipinski definition) is 1. The highest BCUT2D eigenvalue weighted by molar-refractivity contribution is 7.09. The molecule has 2 aromatic heterocycles. The van der Waals surface area contributed by atoms with Gasteiger partial charge in [0.2, 0.25) is 5.91 Å². The van der Waals surface area contributed by atoms with Crippen LogP contribution < -0.4 is 5.32 Å². The van der Waals surface area contributed by atoms with Crippen LogP contribution in [0.5, 0.6) is 0 Å². The van der Waals surface area contributed by atoms with E-state index in [9.17, 15) is 9.59 Å². The lowest BCUT2D eigenvalue weighted by Gasteiger charge is -2.30. The Morgan fingerprint density at radius 2 is 1.85 bits per heavy atom. The van der Waals surface area contributed by atoms with Gasteiger partial charge in [-0.25, -0.2) is 4.98 Å². The van der Waals surface area contributed by atoms with E-state index in [1.54, 1.807) is 16.2 Å². The zero-order valence-electron chi connectivity index (χ0n) is 25.4. The van der Waals surface area contributed by atoms with Crippen molar-refractivity contribution in [1.29, 1.82) is 0 Å². The van der Waals surface area contributed by atoms with Gasteiger partial charge in [-0.1, -0.05) is 40.7 Å². The molecule has 7 nitrogen and oxygen atoms in total. The maximum absolute atomic E-state index is 13.6. The average molecular weight is 569 g/mol. The van der Waals surface area contributed by atoms with Gasteiger partial charge in [0.1, 0.15) is 11.9 Å². The minimum Gasteiger partial charge on any atom is -0.377 e. The molecule has 0 aliphatic heterocycles. The molecule has 0 fully saturated rings. The van der Waals surface area contributed by atoms with Gasteiger partial charge in [0.05, 0.1) is 17.1 Å². The van der Waals surface area contributed by atoms with Crippen LogP contribution in [0.15, 0.2) is 35.7 Å². The maximum Gasteiger partial charge on any atom is 0.252 e. The maximum atomic E-state index is 13.6. The van der Waals surface area contributed by atoms with Crippen LogP contribution in [0.1, 0.15) is 101 Å². The molecule has 0 aliphatic carbocycles. The number of carbonyl (C=O) groups is 2. The molecule has 0 saturated heterocycles. The number of thiophene rings is 1. The van der Waals surface area contributed by atoms with Crippen molar-refractivity contribution >= 4 is 34.2 Å². The number of aromatic nitrogens is 2. The number of rotatable bonds is 16. The highest BCUT2D eigenvalue weighted by Gasteiger charge is 2.28. The first-order valence-corrected chi connectivity index (χ1v) is 15.8. The van der Waals surface area contributed by atoms with Gasteiger partial charge in [0.15, 0.2) is 0 Å². The van der Waals surface area contributed by atoms with E-state index in [2.05, 4.69) is 62.0 Å². The van der Waals surface area contributed by atoms with E-state index in [1.807, 2.05) is 32.0 Å². The molecule has 3 rings (SSSR count). The summed E-state index contributed by atoms with van der Waals surface area (Å²) in [5.74, 6) is 0.965. The molecular weight excluding hydrogens is 520 g/mol. The second-order valence-electron chi connectivity index (χ2n) is 11.0. The van der Waals surface area contributed by atoms with Crippen LogP contribution in [0, 0.1) is 5.92 Å². The number of likely N-dealkylation sites (N-methyl/N-ethyl adjacent to an activating group) is 1. The first-order valence-electron chi connectivity index (χ1n) is 15.0. The highest BCUT2D eigenvalue weighted by Crippen LogP contribution is 2.28. The van der Waals surface area contributed by atoms with Gasteiger partial charge in [0.25, 0.3) is 5.91 Å². The van der Waals surface area contributed by atoms with E-state index in [1.165, 1.54) is 4.88 Å². The van der Waals surface area contributed by atoms with Crippen molar-refractivity contribution in [3.05, 3.63) is 52.0 Å². The van der Waals surface area contributed by atoms with Crippen molar-refractivity contribution in [2.75, 3.05) is 19.7 Å². The Hall–Kier alpha value is -2.71. The molecule has 0 spiro atoms. The normalized spacial score (nSPS) is 13.2. The van der Waals surface area contributed by atoms with E-state index >= 15 is 0 Å². The molecule has 2 heterocycles. The Morgan fingerprint density at radius 3 is 2.45 bits per heavy atom. The lowest BCUT2D eigenvalue weighted by atomic mass is 10.0. The van der Waals surface area contributed by atoms with Gasteiger partial charge < -0.3 is 19.5 Å². The van der Waals surface area contributed by atoms with Crippen LogP contribution >= 0.6 is 11.3 Å². The van der Waals surface area contributed by atoms with Crippen LogP contribution in [-0.4, -0.2) is 58.1 Å². The van der Waals surface area contributed by atoms with E-state index in [0.717, 1.165) is 42.5 Å². The molecule has 220 valence electrons. The average Bonchev–Trinajstić information content (AvgIpc) is 3.58. The number of imidazole rings is 1. The van der Waals surface area contributed by atoms with Gasteiger partial charge in [-0.2, -0.15) is 0 Å². The molecule has 0 bridgehead atoms. The number of carbonyl (C=O) groups excluding carboxylic acids is 2. The van der Waals surface area contributed by atoms with Crippen molar-refractivity contribution in [2.45, 2.75) is 98.8 Å². The Bertz CT molecular complexity index is 1220. The Balaban J connectivity index is 1.86. The largest absolute Gasteiger partial charge is 0.377 e. The fraction of sp³-hybridized carbons (Fsp3) is 0.594. The molecule has 3 aromatic rings. The van der Waals surface area contributed by atoms with Crippen LogP contribution in [0.2, 0.25) is 0 Å². The summed E-state index contributed by atoms with van der Waals surface area (Å²) in [4.78, 5) is 35.2. The number of ether oxygens (including phenoxy) is 1. The topological polar surface area (TPSA) is 76.5 Å². The predicted octanol–water partition coefficient (Wildman–Crippen LogP) is 6.86. The molecule has 0 saturated carbocycles. The molecule has 0 radical (unpaired) electrons. The van der Waals surface area contributed by atoms with Crippen molar-refractivity contribution in [1.82, 2.24) is 19.8 Å². The number of hydrogen-bond acceptors (Lipinski definition) is 5. The zero-order chi connectivity index (χ0) is 29.2. The fourth-order valence-corrected chi connectivity index (χ4v) is 5.96. The first kappa shape index (κ1) is 31.8. The third-order valence-corrected chi connectivity index (χ3v) is 8.21. The molecule has 40 heavy (non-hydrogen) atoms. The number of nitrogens with zero attached hydrogens (tertiary/aromatic N) is 3. The van der Waals surface area contributed by atoms with Crippen molar-refractivity contribution < 1.29 is 14.3 Å². The van der Waals surface area contributed by atoms with Gasteiger partial charge in [-0.05, 0) is 75.1 Å². The van der Waals surface area contributed by atoms with E-state index in [-0.39, 0.29) is 23.8 Å². The summed E-state index contributed by atoms with van der Waals surface area (Å²) in [6.07, 6.45) is 4.24. The molecule has 0 aliphatic rings. The number of nitrogens with one attached hydrogen (secondary N) is 1. The second kappa shape index (κ2) is 15.3. The minimum absolute atomic E-state index is 0.0600. The predicted molar refractivity (Wildman–Crippen MR) is 165 cm³/mol. The zero-order valence-corrected chi connectivity index (χ0v) is 26.2. The van der Waals surface area contributed by atoms with Gasteiger partial charge >= 0.3 is 0 Å². The molecule has 2 atom stereocenters. The highest BCUT2D eigenvalue weighted by atomic mass is 32.1. The Kier molecular flexibility index (Phi) is 12.2. The second-order valence-corrected chi connectivity index (χ2v) is 12.1. The molecule has 1 N–H and O–H groups in total. The summed E-state index contributed by atoms with van der Waals surface area (Å²) in [6.45, 7) is 16.3. The summed E-state index contributed by atoms with van der Waals surface area (Å²) in [5.41, 5.74) is 2.38. The summed E-state index contributed by atoms with van der Waals surface area (Å²) < 4.78 is 8.16. The smallest absolute Gasteiger partial charge is 0.252 e. The van der Waals surface area contributed by atoms with Gasteiger partial charge in [-0.15, -0.1) is 11.3 Å². The summed E-state index contributed by atoms with van der Waals surface area (Å²) in [5, 5.41) is 5.15. The van der Waals surface area contributed by atoms with E-state index in [4.69, 9.17) is 9.72 Å². The summed E-state index contributed by atoms with van der Waals surface area (Å²) in [7, 11) is 0. The van der Waals surface area contributed by atoms with Gasteiger partial charge in [0, 0.05) is 42.6 Å². The molecule has 1 aromatic carbocycles. The van der Waals surface area contributed by atoms with Crippen molar-refractivity contribution in [3.63, 3.8) is 0 Å². The monoisotopic (exact) mass is 568 g/mol. The van der Waals surface area contributed by atoms with Crippen molar-refractivity contribution in [2.24, 2.45) is 5.92 Å². The SMILES string of the molecule is CCCOC(C)CN(CC)C(=O)[C@H](CC(C)C)NC(=O)c1ccc2c(c1)nc(Cc1cccs1)n2C(CC)CC. The first-order chi connectivity index (χ1) is 19.2. The molecule has 8 heteroatoms. The molecular formula is C32H48N4O3S. The summed E-state index contributed by atoms with van der Waals surface area (Å²) >= 11 is 1.74. The van der Waals surface area contributed by atoms with Crippen molar-refractivity contribution in [3.8, 4) is 0 Å². The van der Waals surface area contributed by atoms with Crippen LogP contribution in [0.4, 0.5) is 0 Å². The fourth-order valence-electron chi connectivity index (χ4n) is 5.26. The third kappa shape index (κ3) is 8.16. The van der Waals surface area contributed by atoms with E-state index < -0.39 is 6.04 Å². The lowest BCUT2D eigenvalue weighted by molar-refractivity contribution is -0.135. The van der Waals surface area contributed by atoms with Crippen LogP contribution in [0.25, 0.3) is 11.0 Å². The quantitative estimate of drug-likeness (QED) is 0.205. The number of benzene rings is 1.